The van der Waals surface area contributed by atoms with E-state index in [0.717, 1.165) is 49.4 Å². The number of nitrogens with one attached hydrogen (secondary N) is 2. The number of anilines is 1. The number of carbonyl (C=O) groups is 3. The second kappa shape index (κ2) is 10.5. The van der Waals surface area contributed by atoms with Crippen molar-refractivity contribution in [3.05, 3.63) is 76.9 Å². The number of nitrogens with zero attached hydrogens (tertiary/aromatic N) is 1. The molecule has 3 N–H and O–H groups in total. The van der Waals surface area contributed by atoms with Crippen LogP contribution in [0.4, 0.5) is 5.69 Å². The van der Waals surface area contributed by atoms with E-state index in [4.69, 9.17) is 4.74 Å². The van der Waals surface area contributed by atoms with Gasteiger partial charge in [-0.2, -0.15) is 0 Å². The molecule has 1 atom stereocenters. The number of amides is 2. The molecule has 2 fully saturated rings. The van der Waals surface area contributed by atoms with Crippen molar-refractivity contribution in [2.75, 3.05) is 31.6 Å². The van der Waals surface area contributed by atoms with Crippen molar-refractivity contribution in [2.24, 2.45) is 0 Å². The van der Waals surface area contributed by atoms with Crippen LogP contribution in [0.3, 0.4) is 0 Å². The second-order valence-electron chi connectivity index (χ2n) is 9.34. The minimum Gasteiger partial charge on any atom is -0.478 e. The molecule has 2 aliphatic heterocycles. The van der Waals surface area contributed by atoms with Crippen LogP contribution in [0.5, 0.6) is 0 Å². The Morgan fingerprint density at radius 2 is 1.78 bits per heavy atom. The van der Waals surface area contributed by atoms with E-state index in [0.29, 0.717) is 23.9 Å². The zero-order valence-electron chi connectivity index (χ0n) is 20.0. The van der Waals surface area contributed by atoms with E-state index in [-0.39, 0.29) is 17.9 Å². The number of fused-ring (bicyclic) bond motifs is 1. The molecular formula is C28H29N3O5. The van der Waals surface area contributed by atoms with Crippen molar-refractivity contribution in [2.45, 2.75) is 31.8 Å². The zero-order valence-corrected chi connectivity index (χ0v) is 20.0. The van der Waals surface area contributed by atoms with Gasteiger partial charge in [0, 0.05) is 37.1 Å². The van der Waals surface area contributed by atoms with Crippen molar-refractivity contribution >= 4 is 34.2 Å². The van der Waals surface area contributed by atoms with Crippen LogP contribution in [0.15, 0.2) is 54.6 Å². The third-order valence-electron chi connectivity index (χ3n) is 6.86. The maximum Gasteiger partial charge on any atom is 0.336 e. The van der Waals surface area contributed by atoms with Crippen molar-refractivity contribution in [1.29, 1.82) is 0 Å². The first kappa shape index (κ1) is 24.0. The van der Waals surface area contributed by atoms with Crippen LogP contribution in [-0.2, 0) is 27.3 Å². The predicted molar refractivity (Wildman–Crippen MR) is 136 cm³/mol. The van der Waals surface area contributed by atoms with E-state index in [9.17, 15) is 19.5 Å². The van der Waals surface area contributed by atoms with E-state index in [1.807, 2.05) is 18.2 Å². The Morgan fingerprint density at radius 1 is 1.03 bits per heavy atom. The highest BCUT2D eigenvalue weighted by molar-refractivity contribution is 6.11. The minimum absolute atomic E-state index is 0.171. The molecule has 2 saturated heterocycles. The second-order valence-corrected chi connectivity index (χ2v) is 9.34. The van der Waals surface area contributed by atoms with Gasteiger partial charge in [-0.3, -0.25) is 19.8 Å². The summed E-state index contributed by atoms with van der Waals surface area (Å²) in [5.74, 6) is -1.72. The lowest BCUT2D eigenvalue weighted by Gasteiger charge is -2.26. The number of carbonyl (C=O) groups excluding carboxylic acids is 2. The number of hydrogen-bond acceptors (Lipinski definition) is 6. The summed E-state index contributed by atoms with van der Waals surface area (Å²) in [6.07, 6.45) is 1.25. The van der Waals surface area contributed by atoms with Gasteiger partial charge in [0.15, 0.2) is 0 Å². The summed E-state index contributed by atoms with van der Waals surface area (Å²) in [6, 6.07) is 17.0. The number of ether oxygens (including phenoxy) is 1. The van der Waals surface area contributed by atoms with E-state index in [2.05, 4.69) is 39.8 Å². The maximum absolute atomic E-state index is 12.3. The molecule has 36 heavy (non-hydrogen) atoms. The average molecular weight is 488 g/mol. The third kappa shape index (κ3) is 5.24. The topological polar surface area (TPSA) is 108 Å². The largest absolute Gasteiger partial charge is 0.478 e. The van der Waals surface area contributed by atoms with Gasteiger partial charge < -0.3 is 15.2 Å². The van der Waals surface area contributed by atoms with Gasteiger partial charge in [0.2, 0.25) is 11.8 Å². The van der Waals surface area contributed by atoms with Crippen molar-refractivity contribution in [1.82, 2.24) is 10.2 Å². The predicted octanol–water partition coefficient (Wildman–Crippen LogP) is 3.18. The van der Waals surface area contributed by atoms with Gasteiger partial charge in [0.1, 0.15) is 6.04 Å². The molecule has 0 spiro atoms. The van der Waals surface area contributed by atoms with Crippen LogP contribution in [-0.4, -0.2) is 60.1 Å². The van der Waals surface area contributed by atoms with Gasteiger partial charge in [-0.25, -0.2) is 4.79 Å². The van der Waals surface area contributed by atoms with Crippen LogP contribution < -0.4 is 10.6 Å². The Bertz CT molecular complexity index is 1300. The summed E-state index contributed by atoms with van der Waals surface area (Å²) in [7, 11) is 0. The summed E-state index contributed by atoms with van der Waals surface area (Å²) in [5, 5.41) is 16.8. The fourth-order valence-corrected chi connectivity index (χ4v) is 4.94. The first-order chi connectivity index (χ1) is 17.5. The molecule has 0 aromatic heterocycles. The lowest BCUT2D eigenvalue weighted by atomic mass is 9.93. The average Bonchev–Trinajstić information content (AvgIpc) is 2.88. The zero-order chi connectivity index (χ0) is 25.1. The highest BCUT2D eigenvalue weighted by Gasteiger charge is 2.27. The number of hydrogen-bond donors (Lipinski definition) is 3. The molecule has 2 heterocycles. The quantitative estimate of drug-likeness (QED) is 0.439. The first-order valence-electron chi connectivity index (χ1n) is 12.2. The highest BCUT2D eigenvalue weighted by atomic mass is 16.5. The van der Waals surface area contributed by atoms with Crippen LogP contribution >= 0.6 is 0 Å². The van der Waals surface area contributed by atoms with E-state index in [1.165, 1.54) is 5.56 Å². The molecule has 3 aromatic rings. The molecule has 0 aliphatic carbocycles. The van der Waals surface area contributed by atoms with Gasteiger partial charge in [-0.15, -0.1) is 0 Å². The lowest BCUT2D eigenvalue weighted by Crippen LogP contribution is -2.47. The van der Waals surface area contributed by atoms with Crippen LogP contribution in [0, 0.1) is 0 Å². The van der Waals surface area contributed by atoms with Gasteiger partial charge in [0.25, 0.3) is 0 Å². The number of aromatic carboxylic acids is 1. The normalized spacial score (nSPS) is 18.7. The fourth-order valence-electron chi connectivity index (χ4n) is 4.94. The van der Waals surface area contributed by atoms with Crippen LogP contribution in [0.2, 0.25) is 0 Å². The number of imide groups is 1. The van der Waals surface area contributed by atoms with Gasteiger partial charge in [-0.1, -0.05) is 42.5 Å². The molecule has 2 aliphatic rings. The number of carboxylic acids is 1. The molecule has 0 radical (unpaired) electrons. The Morgan fingerprint density at radius 3 is 2.50 bits per heavy atom. The Labute approximate surface area is 209 Å². The van der Waals surface area contributed by atoms with E-state index in [1.54, 1.807) is 12.1 Å². The smallest absolute Gasteiger partial charge is 0.336 e. The molecule has 0 bridgehead atoms. The molecular weight excluding hydrogens is 458 g/mol. The highest BCUT2D eigenvalue weighted by Crippen LogP contribution is 2.32. The molecule has 8 heteroatoms. The van der Waals surface area contributed by atoms with Crippen molar-refractivity contribution in [3.8, 4) is 0 Å². The SMILES string of the molecule is O=C1CC[C@@H](Nc2ccc(Cc3ccc(CN4CCOCC4)cc3)c3cccc(C(=O)O)c23)C(=O)N1. The summed E-state index contributed by atoms with van der Waals surface area (Å²) in [6.45, 7) is 4.34. The minimum atomic E-state index is -1.03. The maximum atomic E-state index is 12.3. The van der Waals surface area contributed by atoms with Gasteiger partial charge >= 0.3 is 5.97 Å². The number of morpholine rings is 1. The fraction of sp³-hybridized carbons (Fsp3) is 0.321. The summed E-state index contributed by atoms with van der Waals surface area (Å²) >= 11 is 0. The Hall–Kier alpha value is -3.75. The van der Waals surface area contributed by atoms with Gasteiger partial charge in [0.05, 0.1) is 18.8 Å². The molecule has 0 saturated carbocycles. The molecule has 5 rings (SSSR count). The van der Waals surface area contributed by atoms with Gasteiger partial charge in [-0.05, 0) is 47.1 Å². The number of carboxylic acid groups (broad SMARTS) is 1. The van der Waals surface area contributed by atoms with Crippen LogP contribution in [0.1, 0.15) is 39.9 Å². The monoisotopic (exact) mass is 487 g/mol. The molecule has 8 nitrogen and oxygen atoms in total. The number of piperidine rings is 1. The van der Waals surface area contributed by atoms with Crippen molar-refractivity contribution < 1.29 is 24.2 Å². The number of rotatable bonds is 7. The van der Waals surface area contributed by atoms with E-state index < -0.39 is 17.9 Å². The molecule has 0 unspecified atom stereocenters. The molecule has 186 valence electrons. The van der Waals surface area contributed by atoms with E-state index >= 15 is 0 Å². The first-order valence-corrected chi connectivity index (χ1v) is 12.2. The number of benzene rings is 3. The summed E-state index contributed by atoms with van der Waals surface area (Å²) in [5.41, 5.74) is 4.13. The summed E-state index contributed by atoms with van der Waals surface area (Å²) in [4.78, 5) is 38.3. The molecule has 2 amide bonds. The third-order valence-corrected chi connectivity index (χ3v) is 6.86. The van der Waals surface area contributed by atoms with Crippen molar-refractivity contribution in [3.63, 3.8) is 0 Å². The Kier molecular flexibility index (Phi) is 6.97. The van der Waals surface area contributed by atoms with Crippen LogP contribution in [0.25, 0.3) is 10.8 Å². The Balaban J connectivity index is 1.41. The standard InChI is InChI=1S/C28H29N3O5/c32-25-11-10-24(27(33)30-25)29-23-9-8-20(21-2-1-3-22(26(21)23)28(34)35)16-18-4-6-19(7-5-18)17-31-12-14-36-15-13-31/h1-9,24,29H,10-17H2,(H,34,35)(H,30,32,33)/t24-/m1/s1. The lowest BCUT2D eigenvalue weighted by molar-refractivity contribution is -0.133. The summed E-state index contributed by atoms with van der Waals surface area (Å²) < 4.78 is 5.43. The molecule has 3 aromatic carbocycles.